The number of carbonyl (C=O) groups excluding carboxylic acids is 1. The van der Waals surface area contributed by atoms with Crippen molar-refractivity contribution in [1.29, 1.82) is 0 Å². The molecule has 0 saturated carbocycles. The lowest BCUT2D eigenvalue weighted by Crippen LogP contribution is -2.28. The first-order chi connectivity index (χ1) is 10.1. The highest BCUT2D eigenvalue weighted by atomic mass is 16.6. The van der Waals surface area contributed by atoms with Gasteiger partial charge >= 0.3 is 5.97 Å². The summed E-state index contributed by atoms with van der Waals surface area (Å²) in [6, 6.07) is 0. The van der Waals surface area contributed by atoms with Gasteiger partial charge in [0.1, 0.15) is 6.10 Å². The van der Waals surface area contributed by atoms with Crippen LogP contribution in [0.1, 0.15) is 90.9 Å². The van der Waals surface area contributed by atoms with Crippen LogP contribution in [0.5, 0.6) is 0 Å². The van der Waals surface area contributed by atoms with E-state index in [1.54, 1.807) is 0 Å². The van der Waals surface area contributed by atoms with Gasteiger partial charge < -0.3 is 14.9 Å². The van der Waals surface area contributed by atoms with Crippen molar-refractivity contribution in [3.8, 4) is 0 Å². The van der Waals surface area contributed by atoms with Gasteiger partial charge in [0.25, 0.3) is 0 Å². The molecule has 21 heavy (non-hydrogen) atoms. The van der Waals surface area contributed by atoms with E-state index in [2.05, 4.69) is 11.7 Å². The van der Waals surface area contributed by atoms with E-state index in [-0.39, 0.29) is 0 Å². The molecule has 0 aliphatic rings. The van der Waals surface area contributed by atoms with Crippen LogP contribution in [0.2, 0.25) is 0 Å². The molecule has 0 rings (SSSR count). The van der Waals surface area contributed by atoms with E-state index in [4.69, 9.17) is 5.11 Å². The zero-order valence-corrected chi connectivity index (χ0v) is 13.9. The minimum absolute atomic E-state index is 0.320. The predicted octanol–water partition coefficient (Wildman–Crippen LogP) is 3.93. The molecule has 0 bridgehead atoms. The standard InChI is InChI=1S/C17H34O4/c1-3-4-5-6-7-8-9-10-11-12-13-14-16(19)21-17(20)15(2)18/h15,17-18,20H,3-14H2,1-2H3. The molecule has 2 atom stereocenters. The average Bonchev–Trinajstić information content (AvgIpc) is 2.44. The summed E-state index contributed by atoms with van der Waals surface area (Å²) in [7, 11) is 0. The van der Waals surface area contributed by atoms with Crippen molar-refractivity contribution in [3.05, 3.63) is 0 Å². The molecule has 126 valence electrons. The molecule has 0 radical (unpaired) electrons. The van der Waals surface area contributed by atoms with E-state index in [0.29, 0.717) is 6.42 Å². The number of ether oxygens (including phenoxy) is 1. The quantitative estimate of drug-likeness (QED) is 0.290. The highest BCUT2D eigenvalue weighted by Crippen LogP contribution is 2.12. The minimum atomic E-state index is -1.40. The van der Waals surface area contributed by atoms with Gasteiger partial charge in [-0.05, 0) is 13.3 Å². The van der Waals surface area contributed by atoms with Crippen LogP contribution in [-0.4, -0.2) is 28.6 Å². The van der Waals surface area contributed by atoms with Gasteiger partial charge in [-0.3, -0.25) is 4.79 Å². The third-order valence-corrected chi connectivity index (χ3v) is 3.65. The number of esters is 1. The maximum atomic E-state index is 11.3. The van der Waals surface area contributed by atoms with E-state index in [1.165, 1.54) is 58.3 Å². The first-order valence-corrected chi connectivity index (χ1v) is 8.63. The molecule has 0 aromatic rings. The Balaban J connectivity index is 3.23. The Bertz CT molecular complexity index is 241. The fourth-order valence-corrected chi connectivity index (χ4v) is 2.23. The number of aliphatic hydroxyl groups excluding tert-OH is 2. The van der Waals surface area contributed by atoms with Gasteiger partial charge in [-0.15, -0.1) is 0 Å². The highest BCUT2D eigenvalue weighted by Gasteiger charge is 2.15. The summed E-state index contributed by atoms with van der Waals surface area (Å²) in [6.45, 7) is 3.63. The number of aliphatic hydroxyl groups is 2. The normalized spacial score (nSPS) is 13.9. The van der Waals surface area contributed by atoms with E-state index in [9.17, 15) is 9.90 Å². The molecule has 2 unspecified atom stereocenters. The maximum Gasteiger partial charge on any atom is 0.308 e. The van der Waals surface area contributed by atoms with Gasteiger partial charge in [-0.25, -0.2) is 0 Å². The third kappa shape index (κ3) is 14.1. The summed E-state index contributed by atoms with van der Waals surface area (Å²) in [6.07, 6.45) is 11.5. The molecule has 4 nitrogen and oxygen atoms in total. The Hall–Kier alpha value is -0.610. The van der Waals surface area contributed by atoms with Crippen molar-refractivity contribution in [2.45, 2.75) is 103 Å². The molecule has 0 fully saturated rings. The number of hydrogen-bond donors (Lipinski definition) is 2. The van der Waals surface area contributed by atoms with E-state index < -0.39 is 18.4 Å². The van der Waals surface area contributed by atoms with Crippen molar-refractivity contribution in [2.24, 2.45) is 0 Å². The maximum absolute atomic E-state index is 11.3. The Labute approximate surface area is 129 Å². The summed E-state index contributed by atoms with van der Waals surface area (Å²) < 4.78 is 4.67. The van der Waals surface area contributed by atoms with E-state index in [1.807, 2.05) is 0 Å². The second-order valence-corrected chi connectivity index (χ2v) is 5.91. The number of unbranched alkanes of at least 4 members (excludes halogenated alkanes) is 10. The van der Waals surface area contributed by atoms with Crippen LogP contribution >= 0.6 is 0 Å². The Morgan fingerprint density at radius 2 is 1.29 bits per heavy atom. The van der Waals surface area contributed by atoms with E-state index in [0.717, 1.165) is 19.3 Å². The van der Waals surface area contributed by atoms with Crippen LogP contribution in [-0.2, 0) is 9.53 Å². The molecule has 0 aromatic heterocycles. The minimum Gasteiger partial charge on any atom is -0.433 e. The SMILES string of the molecule is CCCCCCCCCCCCCC(=O)OC(O)C(C)O. The van der Waals surface area contributed by atoms with Gasteiger partial charge in [0.15, 0.2) is 0 Å². The Kier molecular flexibility index (Phi) is 13.9. The lowest BCUT2D eigenvalue weighted by Gasteiger charge is -2.14. The molecule has 0 aliphatic carbocycles. The lowest BCUT2D eigenvalue weighted by atomic mass is 10.1. The van der Waals surface area contributed by atoms with Gasteiger partial charge in [0, 0.05) is 6.42 Å². The molecule has 0 aliphatic heterocycles. The summed E-state index contributed by atoms with van der Waals surface area (Å²) in [4.78, 5) is 11.3. The van der Waals surface area contributed by atoms with Crippen LogP contribution in [0.4, 0.5) is 0 Å². The third-order valence-electron chi connectivity index (χ3n) is 3.65. The van der Waals surface area contributed by atoms with Crippen molar-refractivity contribution in [2.75, 3.05) is 0 Å². The zero-order chi connectivity index (χ0) is 15.9. The average molecular weight is 302 g/mol. The first-order valence-electron chi connectivity index (χ1n) is 8.63. The number of rotatable bonds is 14. The number of carbonyl (C=O) groups is 1. The second kappa shape index (κ2) is 14.3. The van der Waals surface area contributed by atoms with Crippen LogP contribution in [0.3, 0.4) is 0 Å². The van der Waals surface area contributed by atoms with Gasteiger partial charge in [0.2, 0.25) is 6.29 Å². The smallest absolute Gasteiger partial charge is 0.308 e. The molecule has 0 amide bonds. The van der Waals surface area contributed by atoms with Gasteiger partial charge in [0.05, 0.1) is 0 Å². The first kappa shape index (κ1) is 20.4. The number of hydrogen-bond acceptors (Lipinski definition) is 4. The molecular weight excluding hydrogens is 268 g/mol. The van der Waals surface area contributed by atoms with Crippen molar-refractivity contribution in [1.82, 2.24) is 0 Å². The fourth-order valence-electron chi connectivity index (χ4n) is 2.23. The summed E-state index contributed by atoms with van der Waals surface area (Å²) in [5, 5.41) is 18.2. The van der Waals surface area contributed by atoms with Crippen LogP contribution < -0.4 is 0 Å². The predicted molar refractivity (Wildman–Crippen MR) is 84.9 cm³/mol. The zero-order valence-electron chi connectivity index (χ0n) is 13.9. The summed E-state index contributed by atoms with van der Waals surface area (Å²) in [5.41, 5.74) is 0. The topological polar surface area (TPSA) is 66.8 Å². The molecule has 0 aromatic carbocycles. The van der Waals surface area contributed by atoms with Crippen LogP contribution in [0, 0.1) is 0 Å². The lowest BCUT2D eigenvalue weighted by molar-refractivity contribution is -0.184. The largest absolute Gasteiger partial charge is 0.433 e. The molecule has 2 N–H and O–H groups in total. The molecule has 0 saturated heterocycles. The Morgan fingerprint density at radius 3 is 1.71 bits per heavy atom. The molecule has 0 heterocycles. The van der Waals surface area contributed by atoms with Gasteiger partial charge in [-0.2, -0.15) is 0 Å². The fraction of sp³-hybridized carbons (Fsp3) is 0.941. The van der Waals surface area contributed by atoms with Crippen LogP contribution in [0.25, 0.3) is 0 Å². The summed E-state index contributed by atoms with van der Waals surface area (Å²) in [5.74, 6) is -0.431. The van der Waals surface area contributed by atoms with Gasteiger partial charge in [-0.1, -0.05) is 71.1 Å². The molecular formula is C17H34O4. The highest BCUT2D eigenvalue weighted by molar-refractivity contribution is 5.69. The molecule has 4 heteroatoms. The van der Waals surface area contributed by atoms with Crippen LogP contribution in [0.15, 0.2) is 0 Å². The van der Waals surface area contributed by atoms with E-state index >= 15 is 0 Å². The Morgan fingerprint density at radius 1 is 0.857 bits per heavy atom. The monoisotopic (exact) mass is 302 g/mol. The van der Waals surface area contributed by atoms with Crippen molar-refractivity contribution in [3.63, 3.8) is 0 Å². The van der Waals surface area contributed by atoms with Crippen molar-refractivity contribution < 1.29 is 19.7 Å². The summed E-state index contributed by atoms with van der Waals surface area (Å²) >= 11 is 0. The second-order valence-electron chi connectivity index (χ2n) is 5.91. The molecule has 0 spiro atoms. The van der Waals surface area contributed by atoms with Crippen molar-refractivity contribution >= 4 is 5.97 Å².